The van der Waals surface area contributed by atoms with Crippen molar-refractivity contribution in [2.24, 2.45) is 0 Å². The quantitative estimate of drug-likeness (QED) is 0.600. The van der Waals surface area contributed by atoms with E-state index < -0.39 is 5.97 Å². The molecule has 8 heteroatoms. The Morgan fingerprint density at radius 3 is 2.62 bits per heavy atom. The number of halogens is 1. The van der Waals surface area contributed by atoms with Gasteiger partial charge in [0.1, 0.15) is 13.2 Å². The number of fused-ring (bicyclic) bond motifs is 1. The summed E-state index contributed by atoms with van der Waals surface area (Å²) < 4.78 is 22.6. The van der Waals surface area contributed by atoms with E-state index in [1.807, 2.05) is 24.3 Å². The molecule has 1 aliphatic rings. The molecule has 0 aliphatic carbocycles. The maximum atomic E-state index is 12.2. The van der Waals surface area contributed by atoms with Gasteiger partial charge in [0.2, 0.25) is 5.89 Å². The highest BCUT2D eigenvalue weighted by molar-refractivity contribution is 9.10. The van der Waals surface area contributed by atoms with Crippen LogP contribution in [0.25, 0.3) is 11.5 Å². The monoisotopic (exact) mass is 416 g/mol. The highest BCUT2D eigenvalue weighted by Gasteiger charge is 2.17. The van der Waals surface area contributed by atoms with Crippen molar-refractivity contribution >= 4 is 21.9 Å². The Bertz CT molecular complexity index is 939. The lowest BCUT2D eigenvalue weighted by Gasteiger charge is -2.18. The molecule has 0 amide bonds. The molecule has 132 valence electrons. The van der Waals surface area contributed by atoms with E-state index in [9.17, 15) is 4.79 Å². The Morgan fingerprint density at radius 2 is 1.81 bits per heavy atom. The minimum atomic E-state index is -0.509. The van der Waals surface area contributed by atoms with Crippen molar-refractivity contribution < 1.29 is 23.4 Å². The van der Waals surface area contributed by atoms with E-state index >= 15 is 0 Å². The van der Waals surface area contributed by atoms with E-state index in [2.05, 4.69) is 26.1 Å². The molecule has 0 atom stereocenters. The summed E-state index contributed by atoms with van der Waals surface area (Å²) >= 11 is 3.37. The zero-order valence-electron chi connectivity index (χ0n) is 13.5. The topological polar surface area (TPSA) is 83.7 Å². The summed E-state index contributed by atoms with van der Waals surface area (Å²) in [5.74, 6) is 1.21. The normalized spacial score (nSPS) is 12.7. The Kier molecular flexibility index (Phi) is 4.57. The molecular formula is C18H13BrN2O5. The molecule has 2 heterocycles. The van der Waals surface area contributed by atoms with Gasteiger partial charge in [-0.3, -0.25) is 0 Å². The Labute approximate surface area is 157 Å². The zero-order chi connectivity index (χ0) is 17.9. The smallest absolute Gasteiger partial charge is 0.338 e. The van der Waals surface area contributed by atoms with E-state index in [0.717, 1.165) is 10.0 Å². The van der Waals surface area contributed by atoms with Crippen LogP contribution in [-0.2, 0) is 11.3 Å². The predicted molar refractivity (Wildman–Crippen MR) is 94.0 cm³/mol. The number of nitrogens with zero attached hydrogens (tertiary/aromatic N) is 2. The van der Waals surface area contributed by atoms with Gasteiger partial charge in [-0.05, 0) is 42.5 Å². The van der Waals surface area contributed by atoms with Crippen molar-refractivity contribution in [3.63, 3.8) is 0 Å². The molecule has 0 spiro atoms. The lowest BCUT2D eigenvalue weighted by atomic mass is 10.2. The molecule has 7 nitrogen and oxygen atoms in total. The van der Waals surface area contributed by atoms with Gasteiger partial charge in [-0.1, -0.05) is 15.9 Å². The minimum absolute atomic E-state index is 0.114. The lowest BCUT2D eigenvalue weighted by molar-refractivity contribution is 0.0437. The molecule has 1 aliphatic heterocycles. The molecule has 1 aromatic heterocycles. The second-order valence-corrected chi connectivity index (χ2v) is 6.36. The number of carbonyl (C=O) groups excluding carboxylic acids is 1. The van der Waals surface area contributed by atoms with Gasteiger partial charge in [-0.2, -0.15) is 0 Å². The Balaban J connectivity index is 1.41. The van der Waals surface area contributed by atoms with E-state index in [4.69, 9.17) is 18.6 Å². The van der Waals surface area contributed by atoms with Crippen LogP contribution in [0.4, 0.5) is 0 Å². The molecule has 0 unspecified atom stereocenters. The second-order valence-electron chi connectivity index (χ2n) is 5.44. The highest BCUT2D eigenvalue weighted by atomic mass is 79.9. The van der Waals surface area contributed by atoms with E-state index in [-0.39, 0.29) is 12.5 Å². The maximum absolute atomic E-state index is 12.2. The molecule has 26 heavy (non-hydrogen) atoms. The van der Waals surface area contributed by atoms with Crippen LogP contribution in [0.3, 0.4) is 0 Å². The molecule has 0 radical (unpaired) electrons. The van der Waals surface area contributed by atoms with Crippen LogP contribution in [0.5, 0.6) is 11.5 Å². The SMILES string of the molecule is O=C(OCc1nnc(-c2ccc(Br)cc2)o1)c1ccc2c(c1)OCCO2. The zero-order valence-corrected chi connectivity index (χ0v) is 15.1. The first-order chi connectivity index (χ1) is 12.7. The van der Waals surface area contributed by atoms with Crippen molar-refractivity contribution in [2.75, 3.05) is 13.2 Å². The molecule has 4 rings (SSSR count). The van der Waals surface area contributed by atoms with Crippen molar-refractivity contribution in [1.82, 2.24) is 10.2 Å². The molecular weight excluding hydrogens is 404 g/mol. The number of benzene rings is 2. The Hall–Kier alpha value is -2.87. The number of aromatic nitrogens is 2. The molecule has 0 saturated heterocycles. The van der Waals surface area contributed by atoms with Crippen LogP contribution in [0.2, 0.25) is 0 Å². The van der Waals surface area contributed by atoms with Crippen LogP contribution in [0.1, 0.15) is 16.2 Å². The van der Waals surface area contributed by atoms with Gasteiger partial charge in [0.05, 0.1) is 5.56 Å². The fourth-order valence-corrected chi connectivity index (χ4v) is 2.67. The summed E-state index contributed by atoms with van der Waals surface area (Å²) in [6.45, 7) is 0.831. The number of esters is 1. The fraction of sp³-hybridized carbons (Fsp3) is 0.167. The third-order valence-corrected chi connectivity index (χ3v) is 4.19. The van der Waals surface area contributed by atoms with Gasteiger partial charge in [0.15, 0.2) is 18.1 Å². The standard InChI is InChI=1S/C18H13BrN2O5/c19-13-4-1-11(2-5-13)17-21-20-16(26-17)10-25-18(22)12-3-6-14-15(9-12)24-8-7-23-14/h1-6,9H,7-8,10H2. The number of ether oxygens (including phenoxy) is 3. The van der Waals surface area contributed by atoms with Crippen LogP contribution in [0.15, 0.2) is 51.4 Å². The van der Waals surface area contributed by atoms with Gasteiger partial charge in [0, 0.05) is 10.0 Å². The Morgan fingerprint density at radius 1 is 1.04 bits per heavy atom. The third kappa shape index (κ3) is 3.55. The first kappa shape index (κ1) is 16.6. The van der Waals surface area contributed by atoms with Gasteiger partial charge in [-0.15, -0.1) is 10.2 Å². The molecule has 2 aromatic carbocycles. The molecule has 0 bridgehead atoms. The molecule has 0 saturated carbocycles. The summed E-state index contributed by atoms with van der Waals surface area (Å²) in [6.07, 6.45) is 0. The van der Waals surface area contributed by atoms with Crippen LogP contribution < -0.4 is 9.47 Å². The number of carbonyl (C=O) groups is 1. The third-order valence-electron chi connectivity index (χ3n) is 3.66. The summed E-state index contributed by atoms with van der Waals surface area (Å²) in [5.41, 5.74) is 1.15. The van der Waals surface area contributed by atoms with E-state index in [0.29, 0.717) is 36.2 Å². The first-order valence-electron chi connectivity index (χ1n) is 7.84. The van der Waals surface area contributed by atoms with Gasteiger partial charge in [0.25, 0.3) is 5.89 Å². The lowest BCUT2D eigenvalue weighted by Crippen LogP contribution is -2.16. The maximum Gasteiger partial charge on any atom is 0.338 e. The second kappa shape index (κ2) is 7.17. The average Bonchev–Trinajstić information content (AvgIpc) is 3.15. The summed E-state index contributed by atoms with van der Waals surface area (Å²) in [5, 5.41) is 7.87. The summed E-state index contributed by atoms with van der Waals surface area (Å²) in [6, 6.07) is 12.4. The van der Waals surface area contributed by atoms with Crippen molar-refractivity contribution in [2.45, 2.75) is 6.61 Å². The van der Waals surface area contributed by atoms with E-state index in [1.54, 1.807) is 18.2 Å². The van der Waals surface area contributed by atoms with Crippen LogP contribution in [0, 0.1) is 0 Å². The number of hydrogen-bond acceptors (Lipinski definition) is 7. The molecule has 0 fully saturated rings. The van der Waals surface area contributed by atoms with Gasteiger partial charge < -0.3 is 18.6 Å². The first-order valence-corrected chi connectivity index (χ1v) is 8.63. The van der Waals surface area contributed by atoms with Crippen molar-refractivity contribution in [3.05, 3.63) is 58.4 Å². The number of hydrogen-bond donors (Lipinski definition) is 0. The van der Waals surface area contributed by atoms with Crippen LogP contribution in [-0.4, -0.2) is 29.4 Å². The summed E-state index contributed by atoms with van der Waals surface area (Å²) in [7, 11) is 0. The van der Waals surface area contributed by atoms with Gasteiger partial charge in [-0.25, -0.2) is 4.79 Å². The molecule has 3 aromatic rings. The van der Waals surface area contributed by atoms with Crippen molar-refractivity contribution in [3.8, 4) is 23.0 Å². The molecule has 0 N–H and O–H groups in total. The average molecular weight is 417 g/mol. The summed E-state index contributed by atoms with van der Waals surface area (Å²) in [4.78, 5) is 12.2. The number of rotatable bonds is 4. The van der Waals surface area contributed by atoms with Crippen molar-refractivity contribution in [1.29, 1.82) is 0 Å². The van der Waals surface area contributed by atoms with E-state index in [1.165, 1.54) is 0 Å². The fourth-order valence-electron chi connectivity index (χ4n) is 2.40. The largest absolute Gasteiger partial charge is 0.486 e. The highest BCUT2D eigenvalue weighted by Crippen LogP contribution is 2.31. The van der Waals surface area contributed by atoms with Gasteiger partial charge >= 0.3 is 5.97 Å². The predicted octanol–water partition coefficient (Wildman–Crippen LogP) is 3.63. The minimum Gasteiger partial charge on any atom is -0.486 e. The van der Waals surface area contributed by atoms with Crippen LogP contribution >= 0.6 is 15.9 Å².